The van der Waals surface area contributed by atoms with E-state index in [4.69, 9.17) is 39.5 Å². The maximum atomic E-state index is 13.6. The van der Waals surface area contributed by atoms with Crippen LogP contribution in [-0.4, -0.2) is 35.9 Å². The number of aryl methyl sites for hydroxylation is 2. The third-order valence-electron chi connectivity index (χ3n) is 5.78. The summed E-state index contributed by atoms with van der Waals surface area (Å²) in [5.74, 6) is -0.115. The van der Waals surface area contributed by atoms with E-state index in [2.05, 4.69) is 5.32 Å². The zero-order chi connectivity index (χ0) is 26.2. The normalized spacial score (nSPS) is 11.6. The van der Waals surface area contributed by atoms with Gasteiger partial charge in [-0.25, -0.2) is 0 Å². The van der Waals surface area contributed by atoms with Gasteiger partial charge in [0.05, 0.1) is 0 Å². The molecule has 2 amide bonds. The van der Waals surface area contributed by atoms with Crippen LogP contribution in [0.5, 0.6) is 5.75 Å². The molecule has 0 aliphatic heterocycles. The van der Waals surface area contributed by atoms with Crippen molar-refractivity contribution >= 4 is 46.6 Å². The molecule has 36 heavy (non-hydrogen) atoms. The number of likely N-dealkylation sites (N-methyl/N-ethyl adjacent to an activating group) is 1. The van der Waals surface area contributed by atoms with Crippen molar-refractivity contribution < 1.29 is 14.3 Å². The van der Waals surface area contributed by atoms with Gasteiger partial charge in [0.1, 0.15) is 11.8 Å². The summed E-state index contributed by atoms with van der Waals surface area (Å²) in [6.07, 6.45) is 0.319. The summed E-state index contributed by atoms with van der Waals surface area (Å²) >= 11 is 19.1. The number of hydrogen-bond donors (Lipinski definition) is 1. The van der Waals surface area contributed by atoms with Crippen LogP contribution in [0, 0.1) is 13.8 Å². The maximum Gasteiger partial charge on any atom is 0.261 e. The van der Waals surface area contributed by atoms with E-state index in [1.165, 1.54) is 4.90 Å². The molecule has 0 saturated heterocycles. The summed E-state index contributed by atoms with van der Waals surface area (Å²) in [5.41, 5.74) is 3.18. The number of rotatable bonds is 10. The fourth-order valence-corrected chi connectivity index (χ4v) is 4.54. The molecule has 0 aliphatic carbocycles. The van der Waals surface area contributed by atoms with Gasteiger partial charge in [-0.3, -0.25) is 9.59 Å². The smallest absolute Gasteiger partial charge is 0.261 e. The van der Waals surface area contributed by atoms with Crippen molar-refractivity contribution in [3.63, 3.8) is 0 Å². The molecule has 0 aromatic heterocycles. The standard InChI is InChI=1S/C28H29Cl3N2O3/c1-4-32-28(35)25(15-20-9-6-5-7-10-20)33(16-22-23(29)11-8-12-24(22)30)26(34)17-36-21-13-18(2)27(31)19(3)14-21/h5-14,25H,4,15-17H2,1-3H3,(H,32,35)/t25-/m0/s1. The number of benzene rings is 3. The van der Waals surface area contributed by atoms with Gasteiger partial charge >= 0.3 is 0 Å². The Bertz CT molecular complexity index is 1170. The molecule has 0 saturated carbocycles. The van der Waals surface area contributed by atoms with Gasteiger partial charge in [0, 0.05) is 40.1 Å². The minimum Gasteiger partial charge on any atom is -0.484 e. The molecule has 0 unspecified atom stereocenters. The van der Waals surface area contributed by atoms with E-state index in [1.807, 2.05) is 51.1 Å². The first kappa shape index (κ1) is 27.9. The van der Waals surface area contributed by atoms with E-state index in [0.29, 0.717) is 39.3 Å². The van der Waals surface area contributed by atoms with Gasteiger partial charge in [0.25, 0.3) is 5.91 Å². The second kappa shape index (κ2) is 13.0. The molecule has 1 N–H and O–H groups in total. The van der Waals surface area contributed by atoms with Gasteiger partial charge in [0.2, 0.25) is 5.91 Å². The average molecular weight is 548 g/mol. The lowest BCUT2D eigenvalue weighted by Crippen LogP contribution is -2.51. The van der Waals surface area contributed by atoms with Crippen molar-refractivity contribution in [2.45, 2.75) is 39.8 Å². The van der Waals surface area contributed by atoms with E-state index < -0.39 is 6.04 Å². The molecule has 3 aromatic rings. The van der Waals surface area contributed by atoms with Crippen LogP contribution >= 0.6 is 34.8 Å². The first-order valence-corrected chi connectivity index (χ1v) is 12.8. The van der Waals surface area contributed by atoms with Gasteiger partial charge in [-0.2, -0.15) is 0 Å². The lowest BCUT2D eigenvalue weighted by molar-refractivity contribution is -0.142. The molecule has 0 radical (unpaired) electrons. The molecular weight excluding hydrogens is 519 g/mol. The number of nitrogens with zero attached hydrogens (tertiary/aromatic N) is 1. The van der Waals surface area contributed by atoms with Gasteiger partial charge in [-0.15, -0.1) is 0 Å². The highest BCUT2D eigenvalue weighted by Crippen LogP contribution is 2.28. The molecule has 3 aromatic carbocycles. The number of hydrogen-bond acceptors (Lipinski definition) is 3. The quantitative estimate of drug-likeness (QED) is 0.319. The molecule has 1 atom stereocenters. The van der Waals surface area contributed by atoms with E-state index in [9.17, 15) is 9.59 Å². The summed E-state index contributed by atoms with van der Waals surface area (Å²) in [6, 6.07) is 17.5. The highest BCUT2D eigenvalue weighted by molar-refractivity contribution is 6.36. The van der Waals surface area contributed by atoms with Crippen molar-refractivity contribution in [1.82, 2.24) is 10.2 Å². The monoisotopic (exact) mass is 546 g/mol. The Labute approximate surface area is 227 Å². The van der Waals surface area contributed by atoms with Crippen molar-refractivity contribution in [3.05, 3.63) is 98.0 Å². The number of carbonyl (C=O) groups is 2. The zero-order valence-electron chi connectivity index (χ0n) is 20.5. The van der Waals surface area contributed by atoms with Crippen molar-refractivity contribution in [2.75, 3.05) is 13.2 Å². The molecule has 190 valence electrons. The van der Waals surface area contributed by atoms with Crippen molar-refractivity contribution in [1.29, 1.82) is 0 Å². The summed E-state index contributed by atoms with van der Waals surface area (Å²) in [7, 11) is 0. The topological polar surface area (TPSA) is 58.6 Å². The Morgan fingerprint density at radius 2 is 1.56 bits per heavy atom. The summed E-state index contributed by atoms with van der Waals surface area (Å²) in [5, 5.41) is 4.34. The summed E-state index contributed by atoms with van der Waals surface area (Å²) in [6.45, 7) is 5.80. The highest BCUT2D eigenvalue weighted by Gasteiger charge is 2.31. The Hall–Kier alpha value is -2.73. The number of carbonyl (C=O) groups excluding carboxylic acids is 2. The van der Waals surface area contributed by atoms with Crippen molar-refractivity contribution in [3.8, 4) is 5.75 Å². The second-order valence-electron chi connectivity index (χ2n) is 8.48. The van der Waals surface area contributed by atoms with E-state index in [1.54, 1.807) is 30.3 Å². The van der Waals surface area contributed by atoms with Crippen LogP contribution < -0.4 is 10.1 Å². The molecule has 0 heterocycles. The average Bonchev–Trinajstić information content (AvgIpc) is 2.85. The number of nitrogens with one attached hydrogen (secondary N) is 1. The molecule has 3 rings (SSSR count). The predicted octanol–water partition coefficient (Wildman–Crippen LogP) is 6.42. The largest absolute Gasteiger partial charge is 0.484 e. The second-order valence-corrected chi connectivity index (χ2v) is 9.67. The highest BCUT2D eigenvalue weighted by atomic mass is 35.5. The molecule has 0 aliphatic rings. The minimum absolute atomic E-state index is 0.0496. The third kappa shape index (κ3) is 7.16. The van der Waals surface area contributed by atoms with Gasteiger partial charge in [-0.05, 0) is 61.7 Å². The van der Waals surface area contributed by atoms with Crippen LogP contribution in [0.1, 0.15) is 29.2 Å². The van der Waals surface area contributed by atoms with Gasteiger partial charge in [0.15, 0.2) is 6.61 Å². The predicted molar refractivity (Wildman–Crippen MR) is 146 cm³/mol. The van der Waals surface area contributed by atoms with Gasteiger partial charge in [-0.1, -0.05) is 71.2 Å². The zero-order valence-corrected chi connectivity index (χ0v) is 22.8. The first-order chi connectivity index (χ1) is 17.2. The van der Waals surface area contributed by atoms with E-state index in [0.717, 1.165) is 16.7 Å². The first-order valence-electron chi connectivity index (χ1n) is 11.6. The van der Waals surface area contributed by atoms with Crippen LogP contribution in [0.3, 0.4) is 0 Å². The lowest BCUT2D eigenvalue weighted by atomic mass is 10.0. The van der Waals surface area contributed by atoms with Crippen molar-refractivity contribution in [2.24, 2.45) is 0 Å². The van der Waals surface area contributed by atoms with Crippen LogP contribution in [-0.2, 0) is 22.6 Å². The Morgan fingerprint density at radius 3 is 2.14 bits per heavy atom. The fourth-order valence-electron chi connectivity index (χ4n) is 3.92. The fraction of sp³-hybridized carbons (Fsp3) is 0.286. The number of amides is 2. The van der Waals surface area contributed by atoms with Crippen LogP contribution in [0.2, 0.25) is 15.1 Å². The maximum absolute atomic E-state index is 13.6. The molecule has 0 spiro atoms. The molecule has 5 nitrogen and oxygen atoms in total. The molecule has 0 bridgehead atoms. The Kier molecular flexibility index (Phi) is 10.1. The van der Waals surface area contributed by atoms with Crippen LogP contribution in [0.4, 0.5) is 0 Å². The van der Waals surface area contributed by atoms with E-state index in [-0.39, 0.29) is 25.0 Å². The Morgan fingerprint density at radius 1 is 0.944 bits per heavy atom. The number of ether oxygens (including phenoxy) is 1. The number of halogens is 3. The Balaban J connectivity index is 1.95. The third-order valence-corrected chi connectivity index (χ3v) is 7.09. The minimum atomic E-state index is -0.801. The summed E-state index contributed by atoms with van der Waals surface area (Å²) < 4.78 is 5.86. The molecular formula is C28H29Cl3N2O3. The molecule has 0 fully saturated rings. The van der Waals surface area contributed by atoms with Crippen LogP contribution in [0.15, 0.2) is 60.7 Å². The van der Waals surface area contributed by atoms with Gasteiger partial charge < -0.3 is 15.0 Å². The SMILES string of the molecule is CCNC(=O)[C@H](Cc1ccccc1)N(Cc1c(Cl)cccc1Cl)C(=O)COc1cc(C)c(Cl)c(C)c1. The van der Waals surface area contributed by atoms with E-state index >= 15 is 0 Å². The lowest BCUT2D eigenvalue weighted by Gasteiger charge is -2.32. The summed E-state index contributed by atoms with van der Waals surface area (Å²) in [4.78, 5) is 28.3. The molecule has 8 heteroatoms. The van der Waals surface area contributed by atoms with Crippen LogP contribution in [0.25, 0.3) is 0 Å².